The van der Waals surface area contributed by atoms with E-state index in [4.69, 9.17) is 4.74 Å². The lowest BCUT2D eigenvalue weighted by Crippen LogP contribution is -2.30. The Balaban J connectivity index is 1.74. The van der Waals surface area contributed by atoms with E-state index in [1.807, 2.05) is 6.07 Å². The largest absolute Gasteiger partial charge is 0.390 e. The standard InChI is InChI=1S/C15H20O2/c16-14(10-11-4-3-5-11)15-13-7-2-1-6-12(13)8-9-17-15/h1-2,6-7,11,14-16H,3-5,8-10H2. The highest BCUT2D eigenvalue weighted by molar-refractivity contribution is 5.31. The SMILES string of the molecule is OC(CC1CCC1)C1OCCc2ccccc21. The number of hydrogen-bond acceptors (Lipinski definition) is 2. The molecule has 2 unspecified atom stereocenters. The van der Waals surface area contributed by atoms with Crippen LogP contribution in [0, 0.1) is 5.92 Å². The fourth-order valence-electron chi connectivity index (χ4n) is 2.94. The first kappa shape index (κ1) is 11.2. The summed E-state index contributed by atoms with van der Waals surface area (Å²) in [6, 6.07) is 8.36. The summed E-state index contributed by atoms with van der Waals surface area (Å²) >= 11 is 0. The Hall–Kier alpha value is -0.860. The molecule has 17 heavy (non-hydrogen) atoms. The van der Waals surface area contributed by atoms with Gasteiger partial charge in [-0.2, -0.15) is 0 Å². The maximum absolute atomic E-state index is 10.3. The van der Waals surface area contributed by atoms with Crippen LogP contribution in [-0.4, -0.2) is 17.8 Å². The molecule has 2 nitrogen and oxygen atoms in total. The third-order valence-corrected chi connectivity index (χ3v) is 4.18. The average Bonchev–Trinajstić information content (AvgIpc) is 2.33. The summed E-state index contributed by atoms with van der Waals surface area (Å²) < 4.78 is 5.79. The van der Waals surface area contributed by atoms with Crippen LogP contribution in [0.3, 0.4) is 0 Å². The van der Waals surface area contributed by atoms with Crippen LogP contribution < -0.4 is 0 Å². The van der Waals surface area contributed by atoms with E-state index in [1.165, 1.54) is 30.4 Å². The molecule has 2 aliphatic rings. The van der Waals surface area contributed by atoms with Gasteiger partial charge in [-0.25, -0.2) is 0 Å². The van der Waals surface area contributed by atoms with Gasteiger partial charge in [0.2, 0.25) is 0 Å². The molecule has 0 bridgehead atoms. The lowest BCUT2D eigenvalue weighted by atomic mass is 9.79. The summed E-state index contributed by atoms with van der Waals surface area (Å²) in [6.45, 7) is 0.739. The molecule has 0 radical (unpaired) electrons. The van der Waals surface area contributed by atoms with Gasteiger partial charge in [-0.15, -0.1) is 0 Å². The first-order chi connectivity index (χ1) is 8.34. The average molecular weight is 232 g/mol. The van der Waals surface area contributed by atoms with Crippen LogP contribution in [0.1, 0.15) is 42.9 Å². The highest BCUT2D eigenvalue weighted by Gasteiger charge is 2.30. The van der Waals surface area contributed by atoms with Gasteiger partial charge >= 0.3 is 0 Å². The summed E-state index contributed by atoms with van der Waals surface area (Å²) in [6.07, 6.45) is 5.35. The van der Waals surface area contributed by atoms with Gasteiger partial charge in [0.05, 0.1) is 12.7 Å². The van der Waals surface area contributed by atoms with Gasteiger partial charge in [0.1, 0.15) is 6.10 Å². The molecule has 1 heterocycles. The lowest BCUT2D eigenvalue weighted by molar-refractivity contribution is -0.0592. The first-order valence-electron chi connectivity index (χ1n) is 6.72. The zero-order valence-corrected chi connectivity index (χ0v) is 10.1. The molecule has 1 saturated carbocycles. The van der Waals surface area contributed by atoms with Gasteiger partial charge in [-0.1, -0.05) is 43.5 Å². The van der Waals surface area contributed by atoms with Crippen molar-refractivity contribution in [2.75, 3.05) is 6.61 Å². The zero-order valence-electron chi connectivity index (χ0n) is 10.1. The molecule has 3 rings (SSSR count). The van der Waals surface area contributed by atoms with E-state index in [0.29, 0.717) is 0 Å². The number of hydrogen-bond donors (Lipinski definition) is 1. The molecule has 0 amide bonds. The predicted octanol–water partition coefficient (Wildman–Crippen LogP) is 2.85. The Morgan fingerprint density at radius 2 is 2.12 bits per heavy atom. The van der Waals surface area contributed by atoms with Crippen molar-refractivity contribution >= 4 is 0 Å². The third-order valence-electron chi connectivity index (χ3n) is 4.18. The van der Waals surface area contributed by atoms with Crippen molar-refractivity contribution in [2.24, 2.45) is 5.92 Å². The predicted molar refractivity (Wildman–Crippen MR) is 66.8 cm³/mol. The molecule has 1 aromatic rings. The Kier molecular flexibility index (Phi) is 3.17. The first-order valence-corrected chi connectivity index (χ1v) is 6.72. The number of fused-ring (bicyclic) bond motifs is 1. The van der Waals surface area contributed by atoms with E-state index in [0.717, 1.165) is 25.4 Å². The summed E-state index contributed by atoms with van der Waals surface area (Å²) in [5.74, 6) is 0.725. The molecule has 0 aromatic heterocycles. The van der Waals surface area contributed by atoms with Crippen LogP contribution in [0.4, 0.5) is 0 Å². The highest BCUT2D eigenvalue weighted by atomic mass is 16.5. The van der Waals surface area contributed by atoms with Crippen molar-refractivity contribution in [3.05, 3.63) is 35.4 Å². The Bertz CT molecular complexity index is 384. The molecule has 92 valence electrons. The van der Waals surface area contributed by atoms with Crippen molar-refractivity contribution in [1.82, 2.24) is 0 Å². The number of rotatable bonds is 3. The van der Waals surface area contributed by atoms with Crippen LogP contribution >= 0.6 is 0 Å². The Morgan fingerprint density at radius 1 is 1.29 bits per heavy atom. The minimum Gasteiger partial charge on any atom is -0.390 e. The van der Waals surface area contributed by atoms with Gasteiger partial charge in [0.15, 0.2) is 0 Å². The van der Waals surface area contributed by atoms with Gasteiger partial charge in [-0.3, -0.25) is 0 Å². The number of aliphatic hydroxyl groups is 1. The van der Waals surface area contributed by atoms with E-state index in [9.17, 15) is 5.11 Å². The number of benzene rings is 1. The van der Waals surface area contributed by atoms with Crippen LogP contribution in [-0.2, 0) is 11.2 Å². The van der Waals surface area contributed by atoms with E-state index in [1.54, 1.807) is 0 Å². The molecule has 0 spiro atoms. The van der Waals surface area contributed by atoms with Gasteiger partial charge in [-0.05, 0) is 29.9 Å². The molecule has 1 aromatic carbocycles. The third kappa shape index (κ3) is 2.24. The monoisotopic (exact) mass is 232 g/mol. The van der Waals surface area contributed by atoms with Crippen LogP contribution in [0.2, 0.25) is 0 Å². The fraction of sp³-hybridized carbons (Fsp3) is 0.600. The number of aliphatic hydroxyl groups excluding tert-OH is 1. The maximum atomic E-state index is 10.3. The summed E-state index contributed by atoms with van der Waals surface area (Å²) in [7, 11) is 0. The molecular formula is C15H20O2. The summed E-state index contributed by atoms with van der Waals surface area (Å²) in [4.78, 5) is 0. The quantitative estimate of drug-likeness (QED) is 0.868. The van der Waals surface area contributed by atoms with Crippen molar-refractivity contribution in [2.45, 2.75) is 44.3 Å². The van der Waals surface area contributed by atoms with E-state index in [2.05, 4.69) is 18.2 Å². The van der Waals surface area contributed by atoms with Crippen LogP contribution in [0.25, 0.3) is 0 Å². The van der Waals surface area contributed by atoms with E-state index in [-0.39, 0.29) is 12.2 Å². The van der Waals surface area contributed by atoms with Crippen LogP contribution in [0.5, 0.6) is 0 Å². The number of ether oxygens (including phenoxy) is 1. The van der Waals surface area contributed by atoms with Gasteiger partial charge in [0.25, 0.3) is 0 Å². The Labute approximate surface area is 103 Å². The minimum atomic E-state index is -0.332. The topological polar surface area (TPSA) is 29.5 Å². The van der Waals surface area contributed by atoms with Gasteiger partial charge < -0.3 is 9.84 Å². The minimum absolute atomic E-state index is 0.0967. The van der Waals surface area contributed by atoms with Crippen molar-refractivity contribution < 1.29 is 9.84 Å². The second-order valence-electron chi connectivity index (χ2n) is 5.34. The van der Waals surface area contributed by atoms with E-state index < -0.39 is 0 Å². The maximum Gasteiger partial charge on any atom is 0.109 e. The molecular weight excluding hydrogens is 212 g/mol. The normalized spacial score (nSPS) is 26.1. The lowest BCUT2D eigenvalue weighted by Gasteiger charge is -2.34. The smallest absolute Gasteiger partial charge is 0.109 e. The molecule has 0 saturated heterocycles. The second-order valence-corrected chi connectivity index (χ2v) is 5.34. The van der Waals surface area contributed by atoms with Crippen LogP contribution in [0.15, 0.2) is 24.3 Å². The molecule has 1 aliphatic carbocycles. The summed E-state index contributed by atoms with van der Waals surface area (Å²) in [5.41, 5.74) is 2.54. The Morgan fingerprint density at radius 3 is 2.88 bits per heavy atom. The molecule has 2 atom stereocenters. The van der Waals surface area contributed by atoms with Crippen molar-refractivity contribution in [3.8, 4) is 0 Å². The zero-order chi connectivity index (χ0) is 11.7. The fourth-order valence-corrected chi connectivity index (χ4v) is 2.94. The highest BCUT2D eigenvalue weighted by Crippen LogP contribution is 2.36. The van der Waals surface area contributed by atoms with Gasteiger partial charge in [0, 0.05) is 0 Å². The second kappa shape index (κ2) is 4.79. The van der Waals surface area contributed by atoms with Crippen molar-refractivity contribution in [3.63, 3.8) is 0 Å². The molecule has 2 heteroatoms. The molecule has 1 aliphatic heterocycles. The van der Waals surface area contributed by atoms with Crippen molar-refractivity contribution in [1.29, 1.82) is 0 Å². The summed E-state index contributed by atoms with van der Waals surface area (Å²) in [5, 5.41) is 10.3. The molecule has 1 fully saturated rings. The molecule has 1 N–H and O–H groups in total. The van der Waals surface area contributed by atoms with E-state index >= 15 is 0 Å².